The van der Waals surface area contributed by atoms with Crippen LogP contribution in [0, 0.1) is 11.9 Å². The molecule has 198 valence electrons. The van der Waals surface area contributed by atoms with Gasteiger partial charge in [0.25, 0.3) is 11.9 Å². The Morgan fingerprint density at radius 2 is 0.700 bits per heavy atom. The van der Waals surface area contributed by atoms with Crippen LogP contribution in [0.15, 0.2) is 97.1 Å². The summed E-state index contributed by atoms with van der Waals surface area (Å²) in [7, 11) is 0. The summed E-state index contributed by atoms with van der Waals surface area (Å²) in [5, 5.41) is 0. The van der Waals surface area contributed by atoms with E-state index in [1.165, 1.54) is 0 Å². The van der Waals surface area contributed by atoms with Crippen molar-refractivity contribution in [2.24, 2.45) is 0 Å². The molecule has 40 heavy (non-hydrogen) atoms. The average Bonchev–Trinajstić information content (AvgIpc) is 2.96. The van der Waals surface area contributed by atoms with Crippen LogP contribution in [0.25, 0.3) is 0 Å². The normalized spacial score (nSPS) is 16.1. The van der Waals surface area contributed by atoms with Crippen molar-refractivity contribution in [2.45, 2.75) is 38.5 Å². The van der Waals surface area contributed by atoms with Gasteiger partial charge in [-0.1, -0.05) is 100 Å². The first kappa shape index (κ1) is 24.5. The molecule has 0 saturated carbocycles. The van der Waals surface area contributed by atoms with E-state index >= 15 is 8.78 Å². The Balaban J connectivity index is 1.44. The molecule has 0 amide bonds. The van der Waals surface area contributed by atoms with Gasteiger partial charge >= 0.3 is 0 Å². The first-order valence-electron chi connectivity index (χ1n) is 13.4. The van der Waals surface area contributed by atoms with E-state index in [2.05, 4.69) is 37.7 Å². The fraction of sp³-hybridized carbons (Fsp3) is 0.176. The third-order valence-electron chi connectivity index (χ3n) is 8.47. The average molecular weight is 531 g/mol. The molecule has 0 fully saturated rings. The van der Waals surface area contributed by atoms with Crippen molar-refractivity contribution >= 4 is 34.4 Å². The third-order valence-corrected chi connectivity index (χ3v) is 8.47. The molecule has 4 nitrogen and oxygen atoms in total. The maximum Gasteiger partial charge on any atom is 0.258 e. The maximum absolute atomic E-state index is 16.2. The summed E-state index contributed by atoms with van der Waals surface area (Å²) >= 11 is 0. The molecule has 3 heterocycles. The lowest BCUT2D eigenvalue weighted by atomic mass is 9.73. The van der Waals surface area contributed by atoms with E-state index in [-0.39, 0.29) is 22.5 Å². The first-order chi connectivity index (χ1) is 19.2. The molecular formula is C34H28F2N4. The summed E-state index contributed by atoms with van der Waals surface area (Å²) in [6.45, 7) is 8.56. The Kier molecular flexibility index (Phi) is 5.17. The summed E-state index contributed by atoms with van der Waals surface area (Å²) < 4.78 is 32.5. The molecule has 0 N–H and O–H groups in total. The van der Waals surface area contributed by atoms with Gasteiger partial charge in [-0.15, -0.1) is 0 Å². The van der Waals surface area contributed by atoms with Crippen molar-refractivity contribution < 1.29 is 8.78 Å². The molecule has 0 radical (unpaired) electrons. The lowest BCUT2D eigenvalue weighted by Gasteiger charge is -2.42. The van der Waals surface area contributed by atoms with Crippen molar-refractivity contribution in [2.75, 3.05) is 9.80 Å². The number of halogens is 2. The predicted molar refractivity (Wildman–Crippen MR) is 156 cm³/mol. The van der Waals surface area contributed by atoms with Gasteiger partial charge in [-0.05, 0) is 46.5 Å². The van der Waals surface area contributed by atoms with E-state index in [0.29, 0.717) is 0 Å². The maximum atomic E-state index is 16.2. The highest BCUT2D eigenvalue weighted by Crippen LogP contribution is 2.54. The third kappa shape index (κ3) is 3.28. The SMILES string of the molecule is CC1(C)c2ccccc2N(c2nc(F)c(N3c4ccccc4C(C)(C)c4ccccc43)nc2F)c2ccccc21. The van der Waals surface area contributed by atoms with Gasteiger partial charge in [0.15, 0.2) is 11.6 Å². The molecule has 1 aromatic heterocycles. The Bertz CT molecular complexity index is 1580. The Hall–Kier alpha value is -4.58. The lowest BCUT2D eigenvalue weighted by Crippen LogP contribution is -2.33. The zero-order chi connectivity index (χ0) is 27.8. The fourth-order valence-electron chi connectivity index (χ4n) is 6.46. The molecule has 0 saturated heterocycles. The van der Waals surface area contributed by atoms with Crippen LogP contribution < -0.4 is 9.80 Å². The molecule has 0 aliphatic carbocycles. The number of anilines is 6. The van der Waals surface area contributed by atoms with Gasteiger partial charge in [0.05, 0.1) is 22.7 Å². The molecule has 2 aliphatic rings. The highest BCUT2D eigenvalue weighted by atomic mass is 19.1. The Labute approximate surface area is 232 Å². The van der Waals surface area contributed by atoms with Gasteiger partial charge < -0.3 is 0 Å². The zero-order valence-electron chi connectivity index (χ0n) is 22.8. The minimum atomic E-state index is -0.847. The van der Waals surface area contributed by atoms with Crippen LogP contribution >= 0.6 is 0 Å². The van der Waals surface area contributed by atoms with E-state index in [1.807, 2.05) is 97.1 Å². The second-order valence-electron chi connectivity index (χ2n) is 11.4. The standard InChI is InChI=1S/C34H28F2N4/c1-33(2)21-13-5-9-17-25(21)39(26-18-10-6-14-22(26)33)31-29(35)38-32(30(36)37-31)40-27-19-11-7-15-23(27)34(3,4)24-16-8-12-20-28(24)40/h5-20H,1-4H3. The lowest BCUT2D eigenvalue weighted by molar-refractivity contribution is 0.530. The number of hydrogen-bond acceptors (Lipinski definition) is 4. The number of fused-ring (bicyclic) bond motifs is 4. The fourth-order valence-corrected chi connectivity index (χ4v) is 6.46. The molecule has 4 aromatic carbocycles. The Morgan fingerprint density at radius 3 is 0.975 bits per heavy atom. The molecule has 7 rings (SSSR count). The zero-order valence-corrected chi connectivity index (χ0v) is 22.8. The smallest absolute Gasteiger partial charge is 0.258 e. The monoisotopic (exact) mass is 530 g/mol. The molecular weight excluding hydrogens is 502 g/mol. The van der Waals surface area contributed by atoms with Crippen LogP contribution in [0.2, 0.25) is 0 Å². The van der Waals surface area contributed by atoms with Gasteiger partial charge in [0.2, 0.25) is 0 Å². The van der Waals surface area contributed by atoms with Crippen molar-refractivity contribution in [1.82, 2.24) is 9.97 Å². The quantitative estimate of drug-likeness (QED) is 0.228. The summed E-state index contributed by atoms with van der Waals surface area (Å²) in [5.41, 5.74) is 6.34. The molecule has 2 aliphatic heterocycles. The van der Waals surface area contributed by atoms with E-state index in [9.17, 15) is 0 Å². The van der Waals surface area contributed by atoms with Gasteiger partial charge in [-0.2, -0.15) is 18.7 Å². The van der Waals surface area contributed by atoms with Crippen molar-refractivity contribution in [3.8, 4) is 0 Å². The number of aromatic nitrogens is 2. The van der Waals surface area contributed by atoms with Crippen LogP contribution in [0.3, 0.4) is 0 Å². The van der Waals surface area contributed by atoms with Gasteiger partial charge in [-0.25, -0.2) is 0 Å². The van der Waals surface area contributed by atoms with Gasteiger partial charge in [0, 0.05) is 10.8 Å². The molecule has 6 heteroatoms. The number of benzene rings is 4. The summed E-state index contributed by atoms with van der Waals surface area (Å²) in [6, 6.07) is 31.2. The van der Waals surface area contributed by atoms with Crippen molar-refractivity contribution in [3.05, 3.63) is 131 Å². The summed E-state index contributed by atoms with van der Waals surface area (Å²) in [5.74, 6) is -2.04. The molecule has 0 unspecified atom stereocenters. The van der Waals surface area contributed by atoms with Gasteiger partial charge in [-0.3, -0.25) is 9.80 Å². The molecule has 0 spiro atoms. The number of rotatable bonds is 2. The van der Waals surface area contributed by atoms with E-state index in [0.717, 1.165) is 45.0 Å². The second kappa shape index (κ2) is 8.46. The van der Waals surface area contributed by atoms with Crippen LogP contribution in [-0.2, 0) is 10.8 Å². The summed E-state index contributed by atoms with van der Waals surface area (Å²) in [4.78, 5) is 11.9. The minimum absolute atomic E-state index is 0.171. The topological polar surface area (TPSA) is 32.3 Å². The Morgan fingerprint density at radius 1 is 0.450 bits per heavy atom. The van der Waals surface area contributed by atoms with E-state index in [4.69, 9.17) is 0 Å². The largest absolute Gasteiger partial charge is 0.291 e. The van der Waals surface area contributed by atoms with Crippen molar-refractivity contribution in [3.63, 3.8) is 0 Å². The van der Waals surface area contributed by atoms with Gasteiger partial charge in [0.1, 0.15) is 0 Å². The van der Waals surface area contributed by atoms with E-state index < -0.39 is 11.9 Å². The van der Waals surface area contributed by atoms with Crippen LogP contribution in [0.4, 0.5) is 43.2 Å². The molecule has 5 aromatic rings. The minimum Gasteiger partial charge on any atom is -0.291 e. The molecule has 0 bridgehead atoms. The van der Waals surface area contributed by atoms with Crippen LogP contribution in [-0.4, -0.2) is 9.97 Å². The predicted octanol–water partition coefficient (Wildman–Crippen LogP) is 8.97. The molecule has 0 atom stereocenters. The van der Waals surface area contributed by atoms with E-state index in [1.54, 1.807) is 9.80 Å². The van der Waals surface area contributed by atoms with Crippen LogP contribution in [0.5, 0.6) is 0 Å². The number of para-hydroxylation sites is 4. The summed E-state index contributed by atoms with van der Waals surface area (Å²) in [6.07, 6.45) is 0. The van der Waals surface area contributed by atoms with Crippen LogP contribution in [0.1, 0.15) is 49.9 Å². The highest BCUT2D eigenvalue weighted by molar-refractivity contribution is 5.87. The van der Waals surface area contributed by atoms with Crippen molar-refractivity contribution in [1.29, 1.82) is 0 Å². The second-order valence-corrected chi connectivity index (χ2v) is 11.4. The number of hydrogen-bond donors (Lipinski definition) is 0. The number of nitrogens with zero attached hydrogens (tertiary/aromatic N) is 4. The highest BCUT2D eigenvalue weighted by Gasteiger charge is 2.41. The first-order valence-corrected chi connectivity index (χ1v) is 13.4.